The molecule has 3 rings (SSSR count). The Hall–Kier alpha value is -2.35. The van der Waals surface area contributed by atoms with Gasteiger partial charge in [0.15, 0.2) is 9.84 Å². The lowest BCUT2D eigenvalue weighted by molar-refractivity contribution is -0.150. The fraction of sp³-hybridized carbons (Fsp3) is 0.630. The molecule has 0 saturated heterocycles. The number of rotatable bonds is 10. The monoisotopic (exact) mass is 505 g/mol. The highest BCUT2D eigenvalue weighted by Crippen LogP contribution is 2.67. The number of nitrogens with one attached hydrogen (secondary N) is 1. The van der Waals surface area contributed by atoms with Crippen molar-refractivity contribution in [3.05, 3.63) is 42.1 Å². The Morgan fingerprint density at radius 3 is 2.43 bits per heavy atom. The van der Waals surface area contributed by atoms with Crippen LogP contribution in [0, 0.1) is 22.7 Å². The summed E-state index contributed by atoms with van der Waals surface area (Å²) in [4.78, 5) is 25.3. The van der Waals surface area contributed by atoms with E-state index in [1.807, 2.05) is 13.8 Å². The number of carbonyl (C=O) groups excluding carboxylic acids is 2. The topological polar surface area (TPSA) is 98.8 Å². The predicted octanol–water partition coefficient (Wildman–Crippen LogP) is 4.28. The lowest BCUT2D eigenvalue weighted by Gasteiger charge is -2.41. The van der Waals surface area contributed by atoms with Crippen molar-refractivity contribution < 1.29 is 27.5 Å². The molecule has 0 amide bonds. The normalized spacial score (nSPS) is 26.4. The number of esters is 2. The molecule has 7 nitrogen and oxygen atoms in total. The zero-order chi connectivity index (χ0) is 26.0. The van der Waals surface area contributed by atoms with E-state index >= 15 is 0 Å². The minimum Gasteiger partial charge on any atom is -0.467 e. The SMILES string of the molecule is COC(=O)[C@H](CC(C)C)N/C(C)=C\C(=O)O[C@H]1C[C@@H]2CC[C@@]1(CS(=O)(=O)c1ccccc1)C2(C)C. The van der Waals surface area contributed by atoms with E-state index in [0.29, 0.717) is 35.8 Å². The van der Waals surface area contributed by atoms with Crippen LogP contribution in [0.15, 0.2) is 47.0 Å². The number of methoxy groups -OCH3 is 1. The number of fused-ring (bicyclic) bond motifs is 2. The maximum absolute atomic E-state index is 13.4. The van der Waals surface area contributed by atoms with Crippen LogP contribution < -0.4 is 5.32 Å². The highest BCUT2D eigenvalue weighted by molar-refractivity contribution is 7.91. The van der Waals surface area contributed by atoms with Crippen molar-refractivity contribution >= 4 is 21.8 Å². The van der Waals surface area contributed by atoms with Crippen molar-refractivity contribution in [3.63, 3.8) is 0 Å². The second kappa shape index (κ2) is 10.3. The van der Waals surface area contributed by atoms with Crippen LogP contribution in [0.4, 0.5) is 0 Å². The van der Waals surface area contributed by atoms with E-state index in [0.717, 1.165) is 6.42 Å². The third kappa shape index (κ3) is 5.57. The maximum Gasteiger partial charge on any atom is 0.332 e. The number of benzene rings is 1. The molecule has 1 aromatic rings. The van der Waals surface area contributed by atoms with Gasteiger partial charge in [0.25, 0.3) is 0 Å². The molecule has 2 aliphatic carbocycles. The van der Waals surface area contributed by atoms with Crippen LogP contribution in [0.1, 0.15) is 60.3 Å². The molecule has 194 valence electrons. The average Bonchev–Trinajstić information content (AvgIpc) is 3.13. The van der Waals surface area contributed by atoms with Crippen LogP contribution in [-0.4, -0.2) is 45.4 Å². The van der Waals surface area contributed by atoms with E-state index in [1.165, 1.54) is 13.2 Å². The van der Waals surface area contributed by atoms with E-state index in [9.17, 15) is 18.0 Å². The number of ether oxygens (including phenoxy) is 2. The first-order valence-electron chi connectivity index (χ1n) is 12.3. The summed E-state index contributed by atoms with van der Waals surface area (Å²) < 4.78 is 37.6. The Balaban J connectivity index is 1.79. The van der Waals surface area contributed by atoms with Gasteiger partial charge >= 0.3 is 11.9 Å². The predicted molar refractivity (Wildman–Crippen MR) is 134 cm³/mol. The molecule has 1 N–H and O–H groups in total. The molecule has 35 heavy (non-hydrogen) atoms. The van der Waals surface area contributed by atoms with Gasteiger partial charge in [0.2, 0.25) is 0 Å². The second-order valence-corrected chi connectivity index (χ2v) is 13.0. The summed E-state index contributed by atoms with van der Waals surface area (Å²) in [5, 5.41) is 3.06. The summed E-state index contributed by atoms with van der Waals surface area (Å²) >= 11 is 0. The summed E-state index contributed by atoms with van der Waals surface area (Å²) in [5.74, 6) is -0.420. The van der Waals surface area contributed by atoms with Gasteiger partial charge in [-0.15, -0.1) is 0 Å². The Morgan fingerprint density at radius 1 is 1.20 bits per heavy atom. The second-order valence-electron chi connectivity index (χ2n) is 11.0. The van der Waals surface area contributed by atoms with E-state index in [-0.39, 0.29) is 23.1 Å². The van der Waals surface area contributed by atoms with Crippen molar-refractivity contribution in [2.45, 2.75) is 77.3 Å². The zero-order valence-corrected chi connectivity index (χ0v) is 22.5. The minimum absolute atomic E-state index is 0.0504. The fourth-order valence-corrected chi connectivity index (χ4v) is 8.17. The quantitative estimate of drug-likeness (QED) is 0.374. The summed E-state index contributed by atoms with van der Waals surface area (Å²) in [6.07, 6.45) is 3.70. The van der Waals surface area contributed by atoms with Gasteiger partial charge in [0.05, 0.1) is 17.8 Å². The molecule has 0 unspecified atom stereocenters. The van der Waals surface area contributed by atoms with Gasteiger partial charge in [-0.3, -0.25) is 0 Å². The van der Waals surface area contributed by atoms with Crippen molar-refractivity contribution in [2.75, 3.05) is 12.9 Å². The van der Waals surface area contributed by atoms with Gasteiger partial charge in [-0.1, -0.05) is 45.9 Å². The van der Waals surface area contributed by atoms with Gasteiger partial charge in [-0.25, -0.2) is 18.0 Å². The number of allylic oxidation sites excluding steroid dienone is 1. The van der Waals surface area contributed by atoms with E-state index in [2.05, 4.69) is 19.2 Å². The molecule has 0 aromatic heterocycles. The third-order valence-electron chi connectivity index (χ3n) is 8.10. The van der Waals surface area contributed by atoms with Gasteiger partial charge in [-0.2, -0.15) is 0 Å². The molecule has 4 atom stereocenters. The first-order valence-corrected chi connectivity index (χ1v) is 14.0. The van der Waals surface area contributed by atoms with E-state index < -0.39 is 33.4 Å². The molecule has 0 aliphatic heterocycles. The molecule has 2 fully saturated rings. The molecule has 0 spiro atoms. The molecule has 2 saturated carbocycles. The summed E-state index contributed by atoms with van der Waals surface area (Å²) in [7, 11) is -2.22. The van der Waals surface area contributed by atoms with Crippen LogP contribution in [0.2, 0.25) is 0 Å². The van der Waals surface area contributed by atoms with E-state index in [4.69, 9.17) is 9.47 Å². The summed E-state index contributed by atoms with van der Waals surface area (Å²) in [6.45, 7) is 9.93. The maximum atomic E-state index is 13.4. The van der Waals surface area contributed by atoms with Crippen LogP contribution in [0.5, 0.6) is 0 Å². The Kier molecular flexibility index (Phi) is 8.04. The van der Waals surface area contributed by atoms with Crippen LogP contribution in [0.3, 0.4) is 0 Å². The van der Waals surface area contributed by atoms with Crippen molar-refractivity contribution in [1.29, 1.82) is 0 Å². The average molecular weight is 506 g/mol. The van der Waals surface area contributed by atoms with Crippen LogP contribution >= 0.6 is 0 Å². The number of sulfone groups is 1. The van der Waals surface area contributed by atoms with E-state index in [1.54, 1.807) is 37.3 Å². The summed E-state index contributed by atoms with van der Waals surface area (Å²) in [5.41, 5.74) is -0.424. The third-order valence-corrected chi connectivity index (χ3v) is 9.98. The molecule has 0 heterocycles. The van der Waals surface area contributed by atoms with Gasteiger partial charge in [0.1, 0.15) is 12.1 Å². The Labute approximate surface area is 209 Å². The number of hydrogen-bond acceptors (Lipinski definition) is 7. The molecule has 8 heteroatoms. The van der Waals surface area contributed by atoms with Gasteiger partial charge < -0.3 is 14.8 Å². The van der Waals surface area contributed by atoms with Gasteiger partial charge in [-0.05, 0) is 62.0 Å². The number of hydrogen-bond donors (Lipinski definition) is 1. The van der Waals surface area contributed by atoms with Crippen LogP contribution in [-0.2, 0) is 28.9 Å². The lowest BCUT2D eigenvalue weighted by Crippen LogP contribution is -2.46. The molecule has 2 bridgehead atoms. The molecular weight excluding hydrogens is 466 g/mol. The smallest absolute Gasteiger partial charge is 0.332 e. The van der Waals surface area contributed by atoms with Crippen molar-refractivity contribution in [1.82, 2.24) is 5.32 Å². The van der Waals surface area contributed by atoms with Crippen molar-refractivity contribution in [3.8, 4) is 0 Å². The standard InChI is InChI=1S/C27H39NO6S/c1-18(2)14-22(25(30)33-6)28-19(3)15-24(29)34-23-16-20-12-13-27(23,26(20,4)5)17-35(31,32)21-10-8-7-9-11-21/h7-11,15,18,20,22-23,28H,12-14,16-17H2,1-6H3/b19-15-/t20-,22-,23-,27-/m0/s1. The minimum atomic E-state index is -3.56. The summed E-state index contributed by atoms with van der Waals surface area (Å²) in [6, 6.07) is 7.92. The molecule has 1 aromatic carbocycles. The molecule has 0 radical (unpaired) electrons. The first-order chi connectivity index (χ1) is 16.3. The molecular formula is C27H39NO6S. The zero-order valence-electron chi connectivity index (χ0n) is 21.7. The highest BCUT2D eigenvalue weighted by atomic mass is 32.2. The highest BCUT2D eigenvalue weighted by Gasteiger charge is 2.66. The van der Waals surface area contributed by atoms with Crippen molar-refractivity contribution in [2.24, 2.45) is 22.7 Å². The largest absolute Gasteiger partial charge is 0.467 e. The Bertz CT molecular complexity index is 1060. The molecule has 2 aliphatic rings. The fourth-order valence-electron chi connectivity index (χ4n) is 6.05. The number of carbonyl (C=O) groups is 2. The first kappa shape index (κ1) is 27.2. The Morgan fingerprint density at radius 2 is 1.86 bits per heavy atom. The van der Waals surface area contributed by atoms with Gasteiger partial charge in [0, 0.05) is 17.2 Å². The lowest BCUT2D eigenvalue weighted by atomic mass is 9.69. The van der Waals surface area contributed by atoms with Crippen LogP contribution in [0.25, 0.3) is 0 Å².